The van der Waals surface area contributed by atoms with Crippen LogP contribution in [0.3, 0.4) is 0 Å². The Kier molecular flexibility index (Phi) is 6.17. The van der Waals surface area contributed by atoms with Crippen molar-refractivity contribution < 1.29 is 14.3 Å². The summed E-state index contributed by atoms with van der Waals surface area (Å²) in [4.78, 5) is 19.7. The molecule has 3 aromatic carbocycles. The molecule has 0 atom stereocenters. The first-order valence-electron chi connectivity index (χ1n) is 10.9. The average molecular weight is 457 g/mol. The number of benzene rings is 3. The van der Waals surface area contributed by atoms with Crippen molar-refractivity contribution in [3.63, 3.8) is 0 Å². The van der Waals surface area contributed by atoms with Gasteiger partial charge in [0.05, 0.1) is 12.0 Å². The largest absolute Gasteiger partial charge is 0.493 e. The summed E-state index contributed by atoms with van der Waals surface area (Å²) in [6, 6.07) is 24.1. The van der Waals surface area contributed by atoms with Crippen molar-refractivity contribution in [2.24, 2.45) is 4.99 Å². The smallest absolute Gasteiger partial charge is 0.286 e. The molecule has 0 unspecified atom stereocenters. The van der Waals surface area contributed by atoms with Crippen LogP contribution in [0, 0.1) is 0 Å². The summed E-state index contributed by atoms with van der Waals surface area (Å²) >= 11 is 1.44. The fraction of sp³-hybridized carbons (Fsp3) is 0.185. The van der Waals surface area contributed by atoms with E-state index in [1.807, 2.05) is 54.6 Å². The summed E-state index contributed by atoms with van der Waals surface area (Å²) < 4.78 is 11.5. The van der Waals surface area contributed by atoms with Gasteiger partial charge in [-0.3, -0.25) is 4.79 Å². The third-order valence-corrected chi connectivity index (χ3v) is 6.78. The first-order chi connectivity index (χ1) is 16.2. The van der Waals surface area contributed by atoms with Crippen LogP contribution in [0.5, 0.6) is 11.5 Å². The van der Waals surface area contributed by atoms with Gasteiger partial charge in [-0.1, -0.05) is 60.7 Å². The van der Waals surface area contributed by atoms with Crippen LogP contribution in [-0.2, 0) is 24.4 Å². The quantitative estimate of drug-likeness (QED) is 0.488. The van der Waals surface area contributed by atoms with E-state index in [0.29, 0.717) is 23.0 Å². The number of methoxy groups -OCH3 is 1. The van der Waals surface area contributed by atoms with Gasteiger partial charge in [0.1, 0.15) is 6.61 Å². The van der Waals surface area contributed by atoms with E-state index in [-0.39, 0.29) is 5.91 Å². The standard InChI is InChI=1S/C27H24N2O3S/c1-31-24-15-20(11-12-23(24)32-18-19-7-3-2-4-8-19)16-25-26(30)28-27(33-25)29-14-13-21-9-5-6-10-22(21)17-29/h2-12,15-16H,13-14,17-18H2,1H3. The van der Waals surface area contributed by atoms with Crippen LogP contribution in [0.15, 0.2) is 82.7 Å². The Morgan fingerprint density at radius 2 is 1.79 bits per heavy atom. The number of carbonyl (C=O) groups excluding carboxylic acids is 1. The molecule has 0 aliphatic carbocycles. The first-order valence-corrected chi connectivity index (χ1v) is 11.7. The number of thioether (sulfide) groups is 1. The molecule has 2 aliphatic heterocycles. The highest BCUT2D eigenvalue weighted by atomic mass is 32.2. The first kappa shape index (κ1) is 21.3. The molecule has 5 nitrogen and oxygen atoms in total. The molecule has 33 heavy (non-hydrogen) atoms. The van der Waals surface area contributed by atoms with Crippen molar-refractivity contribution in [3.8, 4) is 11.5 Å². The molecule has 2 aliphatic rings. The van der Waals surface area contributed by atoms with E-state index < -0.39 is 0 Å². The van der Waals surface area contributed by atoms with E-state index in [1.54, 1.807) is 7.11 Å². The van der Waals surface area contributed by atoms with Crippen LogP contribution in [-0.4, -0.2) is 29.6 Å². The zero-order valence-electron chi connectivity index (χ0n) is 18.4. The lowest BCUT2D eigenvalue weighted by molar-refractivity contribution is -0.113. The summed E-state index contributed by atoms with van der Waals surface area (Å²) in [5, 5.41) is 0.774. The molecule has 3 aromatic rings. The van der Waals surface area contributed by atoms with Gasteiger partial charge in [-0.15, -0.1) is 0 Å². The molecule has 0 saturated heterocycles. The normalized spacial score (nSPS) is 16.5. The number of ether oxygens (including phenoxy) is 2. The van der Waals surface area contributed by atoms with E-state index in [9.17, 15) is 4.79 Å². The van der Waals surface area contributed by atoms with Gasteiger partial charge in [0.15, 0.2) is 16.7 Å². The molecule has 5 rings (SSSR count). The maximum atomic E-state index is 12.6. The molecule has 0 saturated carbocycles. The maximum absolute atomic E-state index is 12.6. The Morgan fingerprint density at radius 1 is 1.00 bits per heavy atom. The van der Waals surface area contributed by atoms with Gasteiger partial charge < -0.3 is 14.4 Å². The highest BCUT2D eigenvalue weighted by Gasteiger charge is 2.28. The number of hydrogen-bond donors (Lipinski definition) is 0. The predicted octanol–water partition coefficient (Wildman–Crippen LogP) is 5.30. The molecule has 0 radical (unpaired) electrons. The molecule has 2 heterocycles. The number of amides is 1. The highest BCUT2D eigenvalue weighted by Crippen LogP contribution is 2.35. The summed E-state index contributed by atoms with van der Waals surface area (Å²) in [6.07, 6.45) is 2.83. The molecule has 0 N–H and O–H groups in total. The molecule has 0 aromatic heterocycles. The number of carbonyl (C=O) groups is 1. The number of hydrogen-bond acceptors (Lipinski definition) is 5. The minimum Gasteiger partial charge on any atom is -0.493 e. The minimum absolute atomic E-state index is 0.197. The molecule has 0 bridgehead atoms. The van der Waals surface area contributed by atoms with Gasteiger partial charge in [0.25, 0.3) is 5.91 Å². The summed E-state index contributed by atoms with van der Waals surface area (Å²) in [5.74, 6) is 1.10. The second kappa shape index (κ2) is 9.55. The van der Waals surface area contributed by atoms with Crippen molar-refractivity contribution in [2.45, 2.75) is 19.6 Å². The van der Waals surface area contributed by atoms with Crippen LogP contribution >= 0.6 is 11.8 Å². The van der Waals surface area contributed by atoms with E-state index in [2.05, 4.69) is 34.2 Å². The lowest BCUT2D eigenvalue weighted by atomic mass is 10.0. The van der Waals surface area contributed by atoms with Crippen LogP contribution < -0.4 is 9.47 Å². The lowest BCUT2D eigenvalue weighted by Gasteiger charge is -2.29. The SMILES string of the molecule is COc1cc(C=C2SC(N3CCc4ccccc4C3)=NC2=O)ccc1OCc1ccccc1. The van der Waals surface area contributed by atoms with Crippen molar-refractivity contribution in [3.05, 3.63) is 100.0 Å². The van der Waals surface area contributed by atoms with Crippen LogP contribution in [0.25, 0.3) is 6.08 Å². The van der Waals surface area contributed by atoms with Crippen molar-refractivity contribution in [1.82, 2.24) is 4.90 Å². The molecule has 1 amide bonds. The van der Waals surface area contributed by atoms with Gasteiger partial charge in [-0.2, -0.15) is 4.99 Å². The molecule has 0 spiro atoms. The molecular formula is C27H24N2O3S. The minimum atomic E-state index is -0.197. The summed E-state index contributed by atoms with van der Waals surface area (Å²) in [5.41, 5.74) is 4.63. The number of nitrogens with zero attached hydrogens (tertiary/aromatic N) is 2. The second-order valence-electron chi connectivity index (χ2n) is 7.94. The van der Waals surface area contributed by atoms with Crippen LogP contribution in [0.1, 0.15) is 22.3 Å². The Labute approximate surface area is 197 Å². The summed E-state index contributed by atoms with van der Waals surface area (Å²) in [7, 11) is 1.62. The molecule has 166 valence electrons. The Bertz CT molecular complexity index is 1240. The monoisotopic (exact) mass is 456 g/mol. The van der Waals surface area contributed by atoms with Gasteiger partial charge in [0, 0.05) is 13.1 Å². The van der Waals surface area contributed by atoms with Crippen molar-refractivity contribution in [1.29, 1.82) is 0 Å². The van der Waals surface area contributed by atoms with Crippen LogP contribution in [0.2, 0.25) is 0 Å². The fourth-order valence-corrected chi connectivity index (χ4v) is 4.91. The van der Waals surface area contributed by atoms with E-state index in [0.717, 1.165) is 35.8 Å². The van der Waals surface area contributed by atoms with E-state index in [1.165, 1.54) is 22.9 Å². The van der Waals surface area contributed by atoms with E-state index in [4.69, 9.17) is 9.47 Å². The van der Waals surface area contributed by atoms with Gasteiger partial charge >= 0.3 is 0 Å². The third-order valence-electron chi connectivity index (χ3n) is 5.73. The highest BCUT2D eigenvalue weighted by molar-refractivity contribution is 8.18. The number of rotatable bonds is 5. The van der Waals surface area contributed by atoms with Crippen LogP contribution in [0.4, 0.5) is 0 Å². The maximum Gasteiger partial charge on any atom is 0.286 e. The zero-order chi connectivity index (χ0) is 22.6. The van der Waals surface area contributed by atoms with Gasteiger partial charge in [0.2, 0.25) is 0 Å². The Hall–Kier alpha value is -3.51. The number of aliphatic imine (C=N–C) groups is 1. The average Bonchev–Trinajstić information content (AvgIpc) is 3.23. The van der Waals surface area contributed by atoms with E-state index >= 15 is 0 Å². The van der Waals surface area contributed by atoms with Crippen molar-refractivity contribution in [2.75, 3.05) is 13.7 Å². The predicted molar refractivity (Wildman–Crippen MR) is 132 cm³/mol. The van der Waals surface area contributed by atoms with Crippen molar-refractivity contribution >= 4 is 28.9 Å². The second-order valence-corrected chi connectivity index (χ2v) is 8.94. The number of fused-ring (bicyclic) bond motifs is 1. The zero-order valence-corrected chi connectivity index (χ0v) is 19.2. The Balaban J connectivity index is 1.28. The van der Waals surface area contributed by atoms with Gasteiger partial charge in [-0.25, -0.2) is 0 Å². The topological polar surface area (TPSA) is 51.1 Å². The lowest BCUT2D eigenvalue weighted by Crippen LogP contribution is -2.33. The Morgan fingerprint density at radius 3 is 2.61 bits per heavy atom. The van der Waals surface area contributed by atoms with Gasteiger partial charge in [-0.05, 0) is 58.6 Å². The summed E-state index contributed by atoms with van der Waals surface area (Å²) in [6.45, 7) is 2.11. The third kappa shape index (κ3) is 4.81. The number of amidine groups is 1. The molecule has 0 fully saturated rings. The molecular weight excluding hydrogens is 432 g/mol. The fourth-order valence-electron chi connectivity index (χ4n) is 3.97. The molecule has 6 heteroatoms.